The van der Waals surface area contributed by atoms with Crippen LogP contribution in [0, 0.1) is 9.49 Å². The lowest BCUT2D eigenvalue weighted by molar-refractivity contribution is 0.0177. The number of aromatic nitrogens is 3. The van der Waals surface area contributed by atoms with Crippen LogP contribution < -0.4 is 0 Å². The highest BCUT2D eigenvalue weighted by Gasteiger charge is 2.27. The molecule has 0 atom stereocenters. The number of halogens is 1. The maximum absolute atomic E-state index is 12.1. The van der Waals surface area contributed by atoms with Crippen molar-refractivity contribution in [2.45, 2.75) is 45.8 Å². The number of benzene rings is 1. The zero-order valence-corrected chi connectivity index (χ0v) is 16.5. The lowest BCUT2D eigenvalue weighted by Gasteiger charge is -2.33. The van der Waals surface area contributed by atoms with Crippen molar-refractivity contribution in [3.05, 3.63) is 21.8 Å². The summed E-state index contributed by atoms with van der Waals surface area (Å²) in [6.45, 7) is 8.02. The Morgan fingerprint density at radius 1 is 1.33 bits per heavy atom. The average Bonchev–Trinajstić information content (AvgIpc) is 2.88. The summed E-state index contributed by atoms with van der Waals surface area (Å²) < 4.78 is 8.62. The third kappa shape index (κ3) is 4.17. The van der Waals surface area contributed by atoms with E-state index in [0.29, 0.717) is 5.92 Å². The predicted octanol–water partition coefficient (Wildman–Crippen LogP) is 3.68. The molecule has 2 aromatic rings. The van der Waals surface area contributed by atoms with Crippen molar-refractivity contribution in [1.29, 1.82) is 0 Å². The number of fused-ring (bicyclic) bond motifs is 1. The maximum atomic E-state index is 12.1. The minimum atomic E-state index is -0.440. The molecule has 0 radical (unpaired) electrons. The van der Waals surface area contributed by atoms with Crippen molar-refractivity contribution < 1.29 is 9.53 Å². The van der Waals surface area contributed by atoms with E-state index in [2.05, 4.69) is 39.0 Å². The van der Waals surface area contributed by atoms with Gasteiger partial charge in [0.25, 0.3) is 0 Å². The Labute approximate surface area is 155 Å². The summed E-state index contributed by atoms with van der Waals surface area (Å²) in [6.07, 6.45) is 1.72. The summed E-state index contributed by atoms with van der Waals surface area (Å²) in [5.41, 5.74) is 1.57. The first kappa shape index (κ1) is 17.4. The third-order valence-electron chi connectivity index (χ3n) is 4.17. The highest BCUT2D eigenvalue weighted by Crippen LogP contribution is 2.23. The molecule has 6 nitrogen and oxygen atoms in total. The maximum Gasteiger partial charge on any atom is 0.410 e. The molecule has 1 aromatic heterocycles. The number of rotatable bonds is 2. The van der Waals surface area contributed by atoms with Crippen molar-refractivity contribution in [3.63, 3.8) is 0 Å². The quantitative estimate of drug-likeness (QED) is 0.666. The first-order valence-electron chi connectivity index (χ1n) is 8.28. The lowest BCUT2D eigenvalue weighted by atomic mass is 9.97. The molecule has 0 aliphatic carbocycles. The predicted molar refractivity (Wildman–Crippen MR) is 101 cm³/mol. The Morgan fingerprint density at radius 3 is 2.71 bits per heavy atom. The topological polar surface area (TPSA) is 60.2 Å². The molecule has 0 N–H and O–H groups in total. The SMILES string of the molecule is CC(C)(C)OC(=O)N1CCC(Cn2nnc3ccc(I)cc32)CC1. The van der Waals surface area contributed by atoms with Crippen molar-refractivity contribution in [3.8, 4) is 0 Å². The van der Waals surface area contributed by atoms with Crippen LogP contribution in [0.15, 0.2) is 18.2 Å². The van der Waals surface area contributed by atoms with Gasteiger partial charge in [-0.2, -0.15) is 0 Å². The van der Waals surface area contributed by atoms with E-state index in [-0.39, 0.29) is 6.09 Å². The van der Waals surface area contributed by atoms with E-state index in [1.165, 1.54) is 3.57 Å². The van der Waals surface area contributed by atoms with Crippen molar-refractivity contribution in [1.82, 2.24) is 19.9 Å². The molecule has 1 aromatic carbocycles. The van der Waals surface area contributed by atoms with Gasteiger partial charge in [0.1, 0.15) is 11.1 Å². The number of carbonyl (C=O) groups excluding carboxylic acids is 1. The first-order chi connectivity index (χ1) is 11.3. The summed E-state index contributed by atoms with van der Waals surface area (Å²) >= 11 is 2.31. The Bertz CT molecular complexity index is 730. The molecule has 1 fully saturated rings. The molecular weight excluding hydrogens is 419 g/mol. The van der Waals surface area contributed by atoms with Gasteiger partial charge in [0.2, 0.25) is 0 Å². The Balaban J connectivity index is 1.59. The van der Waals surface area contributed by atoms with Crippen LogP contribution in [0.4, 0.5) is 4.79 Å². The smallest absolute Gasteiger partial charge is 0.410 e. The van der Waals surface area contributed by atoms with E-state index in [9.17, 15) is 4.79 Å². The molecule has 1 amide bonds. The summed E-state index contributed by atoms with van der Waals surface area (Å²) in [7, 11) is 0. The molecule has 1 aliphatic heterocycles. The Hall–Kier alpha value is -1.38. The number of amides is 1. The second kappa shape index (κ2) is 6.85. The van der Waals surface area contributed by atoms with E-state index < -0.39 is 5.60 Å². The zero-order valence-electron chi connectivity index (χ0n) is 14.3. The molecule has 24 heavy (non-hydrogen) atoms. The van der Waals surface area contributed by atoms with Crippen LogP contribution in [0.5, 0.6) is 0 Å². The van der Waals surface area contributed by atoms with Crippen molar-refractivity contribution in [2.24, 2.45) is 5.92 Å². The van der Waals surface area contributed by atoms with Crippen LogP contribution in [0.25, 0.3) is 11.0 Å². The van der Waals surface area contributed by atoms with Crippen molar-refractivity contribution in [2.75, 3.05) is 13.1 Å². The van der Waals surface area contributed by atoms with Gasteiger partial charge in [-0.3, -0.25) is 0 Å². The molecular formula is C17H23IN4O2. The monoisotopic (exact) mass is 442 g/mol. The van der Waals surface area contributed by atoms with Gasteiger partial charge in [0.05, 0.1) is 5.52 Å². The van der Waals surface area contributed by atoms with Crippen molar-refractivity contribution >= 4 is 39.7 Å². The fourth-order valence-corrected chi connectivity index (χ4v) is 3.42. The molecule has 1 aliphatic rings. The number of piperidine rings is 1. The van der Waals surface area contributed by atoms with Gasteiger partial charge in [-0.15, -0.1) is 5.10 Å². The second-order valence-corrected chi connectivity index (χ2v) is 8.56. The van der Waals surface area contributed by atoms with Crippen LogP contribution in [-0.4, -0.2) is 44.7 Å². The molecule has 7 heteroatoms. The highest BCUT2D eigenvalue weighted by molar-refractivity contribution is 14.1. The highest BCUT2D eigenvalue weighted by atomic mass is 127. The number of nitrogens with zero attached hydrogens (tertiary/aromatic N) is 4. The largest absolute Gasteiger partial charge is 0.444 e. The number of likely N-dealkylation sites (tertiary alicyclic amines) is 1. The molecule has 3 rings (SSSR count). The minimum absolute atomic E-state index is 0.207. The van der Waals surface area contributed by atoms with Gasteiger partial charge in [-0.25, -0.2) is 9.48 Å². The lowest BCUT2D eigenvalue weighted by Crippen LogP contribution is -2.42. The first-order valence-corrected chi connectivity index (χ1v) is 9.36. The van der Waals surface area contributed by atoms with Gasteiger partial charge >= 0.3 is 6.09 Å². The molecule has 0 unspecified atom stereocenters. The number of hydrogen-bond donors (Lipinski definition) is 0. The van der Waals surface area contributed by atoms with Gasteiger partial charge in [-0.1, -0.05) is 5.21 Å². The molecule has 2 heterocycles. The van der Waals surface area contributed by atoms with E-state index in [4.69, 9.17) is 4.74 Å². The standard InChI is InChI=1S/C17H23IN4O2/c1-17(2,3)24-16(23)21-8-6-12(7-9-21)11-22-15-10-13(18)4-5-14(15)19-20-22/h4-5,10,12H,6-9,11H2,1-3H3. The van der Waals surface area contributed by atoms with Gasteiger partial charge in [0.15, 0.2) is 0 Å². The molecule has 0 bridgehead atoms. The average molecular weight is 442 g/mol. The summed E-state index contributed by atoms with van der Waals surface area (Å²) in [4.78, 5) is 13.9. The number of carbonyl (C=O) groups is 1. The molecule has 1 saturated heterocycles. The minimum Gasteiger partial charge on any atom is -0.444 e. The Morgan fingerprint density at radius 2 is 2.04 bits per heavy atom. The molecule has 0 spiro atoms. The van der Waals surface area contributed by atoms with Crippen LogP contribution in [0.1, 0.15) is 33.6 Å². The number of ether oxygens (including phenoxy) is 1. The zero-order chi connectivity index (χ0) is 17.3. The summed E-state index contributed by atoms with van der Waals surface area (Å²) in [5, 5.41) is 8.53. The normalized spacial score (nSPS) is 16.6. The van der Waals surface area contributed by atoms with Gasteiger partial charge in [-0.05, 0) is 80.3 Å². The van der Waals surface area contributed by atoms with E-state index in [1.54, 1.807) is 0 Å². The fourth-order valence-electron chi connectivity index (χ4n) is 2.94. The van der Waals surface area contributed by atoms with Gasteiger partial charge < -0.3 is 9.64 Å². The Kier molecular flexibility index (Phi) is 4.98. The van der Waals surface area contributed by atoms with Crippen LogP contribution in [0.2, 0.25) is 0 Å². The summed E-state index contributed by atoms with van der Waals surface area (Å²) in [6, 6.07) is 6.17. The van der Waals surface area contributed by atoms with Gasteiger partial charge in [0, 0.05) is 23.2 Å². The fraction of sp³-hybridized carbons (Fsp3) is 0.588. The van der Waals surface area contributed by atoms with Crippen LogP contribution in [-0.2, 0) is 11.3 Å². The molecule has 0 saturated carbocycles. The van der Waals surface area contributed by atoms with Crippen LogP contribution in [0.3, 0.4) is 0 Å². The van der Waals surface area contributed by atoms with E-state index in [1.807, 2.05) is 42.5 Å². The van der Waals surface area contributed by atoms with E-state index >= 15 is 0 Å². The summed E-state index contributed by atoms with van der Waals surface area (Å²) in [5.74, 6) is 0.506. The third-order valence-corrected chi connectivity index (χ3v) is 4.84. The molecule has 130 valence electrons. The van der Waals surface area contributed by atoms with Crippen LogP contribution >= 0.6 is 22.6 Å². The second-order valence-electron chi connectivity index (χ2n) is 7.32. The number of hydrogen-bond acceptors (Lipinski definition) is 4. The van der Waals surface area contributed by atoms with E-state index in [0.717, 1.165) is 43.5 Å².